The molecule has 36 heavy (non-hydrogen) atoms. The lowest BCUT2D eigenvalue weighted by atomic mass is 10.2. The zero-order chi connectivity index (χ0) is 26.8. The van der Waals surface area contributed by atoms with Crippen LogP contribution in [0, 0.1) is 0 Å². The number of Topliss-reactive ketones (excluding diaryl/α,β-unsaturated/α-hetero) is 2. The topological polar surface area (TPSA) is 168 Å². The normalized spacial score (nSPS) is 15.9. The van der Waals surface area contributed by atoms with Crippen molar-refractivity contribution < 1.29 is 47.8 Å². The van der Waals surface area contributed by atoms with Crippen molar-refractivity contribution in [3.8, 4) is 0 Å². The average molecular weight is 508 g/mol. The van der Waals surface area contributed by atoms with Gasteiger partial charge in [0.1, 0.15) is 0 Å². The van der Waals surface area contributed by atoms with Crippen LogP contribution in [0.25, 0.3) is 0 Å². The van der Waals surface area contributed by atoms with Crippen molar-refractivity contribution in [2.24, 2.45) is 0 Å². The Balaban J connectivity index is 1.67. The lowest BCUT2D eigenvalue weighted by Crippen LogP contribution is -2.52. The first-order chi connectivity index (χ1) is 17.0. The minimum absolute atomic E-state index is 0.132. The highest BCUT2D eigenvalue weighted by atomic mass is 16.5. The number of carbonyl (C=O) groups is 8. The number of hydrogen-bond acceptors (Lipinski definition) is 10. The number of amides is 4. The Morgan fingerprint density at radius 1 is 0.528 bits per heavy atom. The van der Waals surface area contributed by atoms with E-state index in [0.29, 0.717) is 38.3 Å². The SMILES string of the molecule is CC(=O)N1CCN(C(=O)C(=O)COC(=O)/C=C/C(=O)OCC(=O)C(=O)N2CCN(C(C)=O)CC2)CC1. The summed E-state index contributed by atoms with van der Waals surface area (Å²) in [5.74, 6) is -6.09. The van der Waals surface area contributed by atoms with Crippen LogP contribution in [0.4, 0.5) is 0 Å². The second kappa shape index (κ2) is 13.1. The van der Waals surface area contributed by atoms with Crippen LogP contribution in [-0.4, -0.2) is 132 Å². The van der Waals surface area contributed by atoms with Crippen LogP contribution in [0.2, 0.25) is 0 Å². The molecule has 0 N–H and O–H groups in total. The van der Waals surface area contributed by atoms with E-state index in [1.807, 2.05) is 0 Å². The zero-order valence-corrected chi connectivity index (χ0v) is 20.1. The van der Waals surface area contributed by atoms with Gasteiger partial charge in [0.2, 0.25) is 11.8 Å². The molecule has 0 aromatic carbocycles. The molecule has 0 bridgehead atoms. The molecular formula is C22H28N4O10. The molecule has 14 heteroatoms. The van der Waals surface area contributed by atoms with Gasteiger partial charge in [-0.15, -0.1) is 0 Å². The van der Waals surface area contributed by atoms with E-state index in [0.717, 1.165) is 0 Å². The zero-order valence-electron chi connectivity index (χ0n) is 20.1. The van der Waals surface area contributed by atoms with Gasteiger partial charge < -0.3 is 29.1 Å². The van der Waals surface area contributed by atoms with E-state index in [2.05, 4.69) is 9.47 Å². The Morgan fingerprint density at radius 2 is 0.806 bits per heavy atom. The number of piperazine rings is 2. The smallest absolute Gasteiger partial charge is 0.331 e. The molecule has 0 unspecified atom stereocenters. The molecule has 4 amide bonds. The number of hydrogen-bond donors (Lipinski definition) is 0. The Hall–Kier alpha value is -4.10. The number of ether oxygens (including phenoxy) is 2. The molecule has 2 heterocycles. The first-order valence-corrected chi connectivity index (χ1v) is 11.2. The molecule has 196 valence electrons. The first kappa shape index (κ1) is 28.1. The molecule has 0 aliphatic carbocycles. The average Bonchev–Trinajstić information content (AvgIpc) is 2.88. The molecule has 0 radical (unpaired) electrons. The Morgan fingerprint density at radius 3 is 1.08 bits per heavy atom. The van der Waals surface area contributed by atoms with Gasteiger partial charge in [-0.1, -0.05) is 0 Å². The quantitative estimate of drug-likeness (QED) is 0.189. The lowest BCUT2D eigenvalue weighted by molar-refractivity contribution is -0.153. The van der Waals surface area contributed by atoms with Crippen LogP contribution in [0.15, 0.2) is 12.2 Å². The number of rotatable bonds is 8. The first-order valence-electron chi connectivity index (χ1n) is 11.2. The predicted octanol–water partition coefficient (Wildman–Crippen LogP) is -2.85. The monoisotopic (exact) mass is 508 g/mol. The van der Waals surface area contributed by atoms with E-state index in [-0.39, 0.29) is 38.0 Å². The Kier molecular flexibility index (Phi) is 10.2. The van der Waals surface area contributed by atoms with E-state index >= 15 is 0 Å². The van der Waals surface area contributed by atoms with Gasteiger partial charge in [-0.2, -0.15) is 0 Å². The van der Waals surface area contributed by atoms with Crippen LogP contribution in [0.1, 0.15) is 13.8 Å². The molecule has 2 rings (SSSR count). The van der Waals surface area contributed by atoms with Crippen LogP contribution >= 0.6 is 0 Å². The summed E-state index contributed by atoms with van der Waals surface area (Å²) in [5, 5.41) is 0. The van der Waals surface area contributed by atoms with Crippen LogP contribution in [0.5, 0.6) is 0 Å². The molecular weight excluding hydrogens is 480 g/mol. The largest absolute Gasteiger partial charge is 0.454 e. The van der Waals surface area contributed by atoms with Gasteiger partial charge >= 0.3 is 11.9 Å². The molecule has 0 atom stereocenters. The highest BCUT2D eigenvalue weighted by molar-refractivity contribution is 6.37. The summed E-state index contributed by atoms with van der Waals surface area (Å²) in [4.78, 5) is 99.8. The molecule has 14 nitrogen and oxygen atoms in total. The van der Waals surface area contributed by atoms with Gasteiger partial charge in [0.15, 0.2) is 13.2 Å². The van der Waals surface area contributed by atoms with Crippen LogP contribution < -0.4 is 0 Å². The van der Waals surface area contributed by atoms with Crippen LogP contribution in [-0.2, 0) is 47.8 Å². The summed E-state index contributed by atoms with van der Waals surface area (Å²) in [6.45, 7) is 3.04. The van der Waals surface area contributed by atoms with Gasteiger partial charge in [-0.25, -0.2) is 9.59 Å². The Labute approximate surface area is 206 Å². The van der Waals surface area contributed by atoms with Crippen molar-refractivity contribution in [3.63, 3.8) is 0 Å². The highest BCUT2D eigenvalue weighted by Gasteiger charge is 2.28. The van der Waals surface area contributed by atoms with Crippen molar-refractivity contribution in [1.29, 1.82) is 0 Å². The van der Waals surface area contributed by atoms with Gasteiger partial charge in [-0.3, -0.25) is 28.8 Å². The summed E-state index contributed by atoms with van der Waals surface area (Å²) in [5.41, 5.74) is 0. The standard InChI is InChI=1S/C22H28N4O10/c1-15(27)23-5-9-25(10-6-23)21(33)17(29)13-35-19(31)3-4-20(32)36-14-18(30)22(34)26-11-7-24(8-12-26)16(2)28/h3-4H,5-14H2,1-2H3/b4-3+. The van der Waals surface area contributed by atoms with E-state index in [1.165, 1.54) is 23.6 Å². The highest BCUT2D eigenvalue weighted by Crippen LogP contribution is 2.04. The van der Waals surface area contributed by atoms with Crippen molar-refractivity contribution in [2.45, 2.75) is 13.8 Å². The molecule has 2 aliphatic heterocycles. The number of nitrogens with zero attached hydrogens (tertiary/aromatic N) is 4. The maximum Gasteiger partial charge on any atom is 0.331 e. The van der Waals surface area contributed by atoms with Crippen LogP contribution in [0.3, 0.4) is 0 Å². The van der Waals surface area contributed by atoms with Crippen molar-refractivity contribution >= 4 is 47.1 Å². The van der Waals surface area contributed by atoms with E-state index in [4.69, 9.17) is 0 Å². The van der Waals surface area contributed by atoms with Gasteiger partial charge in [0.25, 0.3) is 23.4 Å². The van der Waals surface area contributed by atoms with E-state index in [1.54, 1.807) is 9.80 Å². The van der Waals surface area contributed by atoms with E-state index < -0.39 is 48.5 Å². The third-order valence-corrected chi connectivity index (χ3v) is 5.55. The fraction of sp³-hybridized carbons (Fsp3) is 0.545. The summed E-state index contributed by atoms with van der Waals surface area (Å²) < 4.78 is 9.29. The maximum absolute atomic E-state index is 12.1. The third-order valence-electron chi connectivity index (χ3n) is 5.55. The summed E-state index contributed by atoms with van der Waals surface area (Å²) in [6.07, 6.45) is 1.30. The number of ketones is 2. The van der Waals surface area contributed by atoms with Crippen molar-refractivity contribution in [2.75, 3.05) is 65.6 Å². The maximum atomic E-state index is 12.1. The fourth-order valence-electron chi connectivity index (χ4n) is 3.43. The van der Waals surface area contributed by atoms with Gasteiger partial charge in [-0.05, 0) is 0 Å². The summed E-state index contributed by atoms with van der Waals surface area (Å²) in [7, 11) is 0. The third kappa shape index (κ3) is 8.29. The predicted molar refractivity (Wildman–Crippen MR) is 119 cm³/mol. The summed E-state index contributed by atoms with van der Waals surface area (Å²) in [6, 6.07) is 0. The lowest BCUT2D eigenvalue weighted by Gasteiger charge is -2.33. The molecule has 0 saturated carbocycles. The molecule has 2 saturated heterocycles. The van der Waals surface area contributed by atoms with Crippen molar-refractivity contribution in [3.05, 3.63) is 12.2 Å². The van der Waals surface area contributed by atoms with E-state index in [9.17, 15) is 38.4 Å². The minimum atomic E-state index is -1.10. The minimum Gasteiger partial charge on any atom is -0.454 e. The van der Waals surface area contributed by atoms with Gasteiger partial charge in [0.05, 0.1) is 0 Å². The number of carbonyl (C=O) groups excluding carboxylic acids is 8. The molecule has 0 aromatic heterocycles. The number of esters is 2. The second-order valence-corrected chi connectivity index (χ2v) is 7.99. The molecule has 0 aromatic rings. The van der Waals surface area contributed by atoms with Crippen molar-refractivity contribution in [1.82, 2.24) is 19.6 Å². The molecule has 0 spiro atoms. The Bertz CT molecular complexity index is 884. The summed E-state index contributed by atoms with van der Waals surface area (Å²) >= 11 is 0. The molecule has 2 fully saturated rings. The fourth-order valence-corrected chi connectivity index (χ4v) is 3.43. The molecule has 2 aliphatic rings. The second-order valence-electron chi connectivity index (χ2n) is 7.99. The van der Waals surface area contributed by atoms with Gasteiger partial charge in [0, 0.05) is 78.4 Å².